The number of hydrogen-bond donors (Lipinski definition) is 0. The Morgan fingerprint density at radius 3 is 1.14 bits per heavy atom. The van der Waals surface area contributed by atoms with Gasteiger partial charge in [0.15, 0.2) is 0 Å². The molecule has 1 aromatic carbocycles. The molecular formula is C22H22Cl4O10. The number of esters is 4. The molecule has 0 radical (unpaired) electrons. The Balaban J connectivity index is 2.71. The summed E-state index contributed by atoms with van der Waals surface area (Å²) in [4.78, 5) is 47.2. The van der Waals surface area contributed by atoms with Crippen molar-refractivity contribution in [3.63, 3.8) is 0 Å². The van der Waals surface area contributed by atoms with Crippen LogP contribution in [-0.4, -0.2) is 76.7 Å². The molecule has 0 bridgehead atoms. The molecular weight excluding hydrogens is 566 g/mol. The molecule has 36 heavy (non-hydrogen) atoms. The van der Waals surface area contributed by atoms with Crippen molar-refractivity contribution >= 4 is 70.3 Å². The van der Waals surface area contributed by atoms with Crippen molar-refractivity contribution in [2.75, 3.05) is 52.9 Å². The summed E-state index contributed by atoms with van der Waals surface area (Å²) in [7, 11) is 0. The second kappa shape index (κ2) is 17.2. The third-order valence-electron chi connectivity index (χ3n) is 3.87. The Bertz CT molecular complexity index is 903. The van der Waals surface area contributed by atoms with Gasteiger partial charge in [-0.05, 0) is 0 Å². The summed E-state index contributed by atoms with van der Waals surface area (Å²) in [5, 5.41) is -1.24. The highest BCUT2D eigenvalue weighted by Gasteiger charge is 2.30. The van der Waals surface area contributed by atoms with E-state index in [1.807, 2.05) is 0 Å². The van der Waals surface area contributed by atoms with Gasteiger partial charge in [0.05, 0.1) is 57.6 Å². The Morgan fingerprint density at radius 2 is 0.833 bits per heavy atom. The van der Waals surface area contributed by atoms with Gasteiger partial charge >= 0.3 is 23.9 Å². The first kappa shape index (κ1) is 31.7. The standard InChI is InChI=1S/C22H22Cl4O10/c1-3-13(27)33-9-5-31-7-11-35-21(29)15-16(18(24)20(26)19(25)17(15)23)22(30)36-12-8-32-6-10-34-14(28)4-2/h3-4H,1-2,5-12H2. The van der Waals surface area contributed by atoms with Crippen molar-refractivity contribution in [2.24, 2.45) is 0 Å². The smallest absolute Gasteiger partial charge is 0.340 e. The normalized spacial score (nSPS) is 10.3. The Kier molecular flexibility index (Phi) is 15.1. The first-order valence-corrected chi connectivity index (χ1v) is 11.6. The monoisotopic (exact) mass is 586 g/mol. The highest BCUT2D eigenvalue weighted by Crippen LogP contribution is 2.42. The maximum absolute atomic E-state index is 12.7. The van der Waals surface area contributed by atoms with Gasteiger partial charge < -0.3 is 28.4 Å². The van der Waals surface area contributed by atoms with E-state index in [9.17, 15) is 19.2 Å². The molecule has 0 aliphatic heterocycles. The largest absolute Gasteiger partial charge is 0.460 e. The number of halogens is 4. The van der Waals surface area contributed by atoms with Crippen LogP contribution in [0.2, 0.25) is 20.1 Å². The van der Waals surface area contributed by atoms with Gasteiger partial charge in [-0.3, -0.25) is 0 Å². The molecule has 0 N–H and O–H groups in total. The van der Waals surface area contributed by atoms with Crippen LogP contribution in [0.25, 0.3) is 0 Å². The second-order valence-electron chi connectivity index (χ2n) is 6.25. The van der Waals surface area contributed by atoms with E-state index < -0.39 is 35.0 Å². The number of carbonyl (C=O) groups excluding carboxylic acids is 4. The Labute approximate surface area is 226 Å². The van der Waals surface area contributed by atoms with Crippen LogP contribution in [-0.2, 0) is 38.0 Å². The predicted octanol–water partition coefficient (Wildman–Crippen LogP) is 4.11. The molecule has 0 spiro atoms. The zero-order valence-corrected chi connectivity index (χ0v) is 21.8. The maximum atomic E-state index is 12.7. The van der Waals surface area contributed by atoms with E-state index >= 15 is 0 Å². The maximum Gasteiger partial charge on any atom is 0.340 e. The van der Waals surface area contributed by atoms with Crippen LogP contribution in [0.1, 0.15) is 20.7 Å². The van der Waals surface area contributed by atoms with Crippen molar-refractivity contribution in [3.05, 3.63) is 56.5 Å². The van der Waals surface area contributed by atoms with Crippen molar-refractivity contribution in [3.8, 4) is 0 Å². The lowest BCUT2D eigenvalue weighted by atomic mass is 10.1. The van der Waals surface area contributed by atoms with Gasteiger partial charge in [0.1, 0.15) is 26.4 Å². The second-order valence-corrected chi connectivity index (χ2v) is 7.76. The molecule has 0 aromatic heterocycles. The van der Waals surface area contributed by atoms with E-state index in [4.69, 9.17) is 74.8 Å². The van der Waals surface area contributed by atoms with Gasteiger partial charge in [0.2, 0.25) is 0 Å². The highest BCUT2D eigenvalue weighted by atomic mass is 35.5. The number of ether oxygens (including phenoxy) is 6. The fourth-order valence-corrected chi connectivity index (χ4v) is 3.28. The van der Waals surface area contributed by atoms with Crippen molar-refractivity contribution < 1.29 is 47.6 Å². The molecule has 0 atom stereocenters. The molecule has 10 nitrogen and oxygen atoms in total. The van der Waals surface area contributed by atoms with Gasteiger partial charge in [-0.1, -0.05) is 59.6 Å². The molecule has 0 amide bonds. The number of rotatable bonds is 16. The SMILES string of the molecule is C=CC(=O)OCCOCCOC(=O)c1c(Cl)c(Cl)c(Cl)c(Cl)c1C(=O)OCCOCCOC(=O)C=C. The van der Waals surface area contributed by atoms with Crippen LogP contribution in [0.3, 0.4) is 0 Å². The molecule has 0 aliphatic rings. The zero-order valence-electron chi connectivity index (χ0n) is 18.8. The summed E-state index contributed by atoms with van der Waals surface area (Å²) in [5.74, 6) is -3.27. The van der Waals surface area contributed by atoms with Crippen molar-refractivity contribution in [1.29, 1.82) is 0 Å². The Hall–Kier alpha value is -2.34. The third-order valence-corrected chi connectivity index (χ3v) is 5.68. The molecule has 14 heteroatoms. The lowest BCUT2D eigenvalue weighted by molar-refractivity contribution is -0.140. The molecule has 0 saturated carbocycles. The number of hydrogen-bond acceptors (Lipinski definition) is 10. The minimum absolute atomic E-state index is 0.0211. The average Bonchev–Trinajstić information content (AvgIpc) is 2.87. The van der Waals surface area contributed by atoms with Crippen LogP contribution in [0.5, 0.6) is 0 Å². The van der Waals surface area contributed by atoms with Crippen LogP contribution in [0.15, 0.2) is 25.3 Å². The lowest BCUT2D eigenvalue weighted by Crippen LogP contribution is -2.20. The predicted molar refractivity (Wildman–Crippen MR) is 131 cm³/mol. The molecule has 198 valence electrons. The number of benzene rings is 1. The molecule has 0 fully saturated rings. The van der Waals surface area contributed by atoms with Gasteiger partial charge in [-0.15, -0.1) is 0 Å². The van der Waals surface area contributed by atoms with Crippen LogP contribution in [0.4, 0.5) is 0 Å². The minimum atomic E-state index is -1.03. The average molecular weight is 588 g/mol. The van der Waals surface area contributed by atoms with E-state index in [2.05, 4.69) is 13.2 Å². The van der Waals surface area contributed by atoms with Crippen LogP contribution < -0.4 is 0 Å². The number of carbonyl (C=O) groups is 4. The van der Waals surface area contributed by atoms with E-state index in [0.717, 1.165) is 12.2 Å². The van der Waals surface area contributed by atoms with Gasteiger partial charge in [-0.25, -0.2) is 19.2 Å². The molecule has 1 rings (SSSR count). The molecule has 0 heterocycles. The third kappa shape index (κ3) is 10.3. The van der Waals surface area contributed by atoms with Gasteiger partial charge in [0.25, 0.3) is 0 Å². The summed E-state index contributed by atoms with van der Waals surface area (Å²) in [5.41, 5.74) is -0.892. The molecule has 0 saturated heterocycles. The van der Waals surface area contributed by atoms with Gasteiger partial charge in [-0.2, -0.15) is 0 Å². The lowest BCUT2D eigenvalue weighted by Gasteiger charge is -2.15. The summed E-state index contributed by atoms with van der Waals surface area (Å²) < 4.78 is 30.0. The zero-order chi connectivity index (χ0) is 27.1. The minimum Gasteiger partial charge on any atom is -0.460 e. The Morgan fingerprint density at radius 1 is 0.528 bits per heavy atom. The van der Waals surface area contributed by atoms with E-state index in [-0.39, 0.29) is 72.9 Å². The van der Waals surface area contributed by atoms with E-state index in [1.54, 1.807) is 0 Å². The summed E-state index contributed by atoms with van der Waals surface area (Å²) in [6.07, 6.45) is 2.01. The van der Waals surface area contributed by atoms with E-state index in [1.165, 1.54) is 0 Å². The van der Waals surface area contributed by atoms with Crippen LogP contribution >= 0.6 is 46.4 Å². The van der Waals surface area contributed by atoms with E-state index in [0.29, 0.717) is 0 Å². The molecule has 0 unspecified atom stereocenters. The molecule has 0 aliphatic carbocycles. The van der Waals surface area contributed by atoms with Gasteiger partial charge in [0, 0.05) is 12.2 Å². The van der Waals surface area contributed by atoms with Crippen molar-refractivity contribution in [1.82, 2.24) is 0 Å². The highest BCUT2D eigenvalue weighted by molar-refractivity contribution is 6.54. The summed E-state index contributed by atoms with van der Waals surface area (Å²) in [6.45, 7) is 5.99. The first-order valence-electron chi connectivity index (χ1n) is 10.1. The summed E-state index contributed by atoms with van der Waals surface area (Å²) in [6, 6.07) is 0. The topological polar surface area (TPSA) is 124 Å². The fraction of sp³-hybridized carbons (Fsp3) is 0.364. The summed E-state index contributed by atoms with van der Waals surface area (Å²) >= 11 is 24.4. The van der Waals surface area contributed by atoms with Crippen LogP contribution in [0, 0.1) is 0 Å². The first-order chi connectivity index (χ1) is 17.1. The quantitative estimate of drug-likeness (QED) is 0.0697. The van der Waals surface area contributed by atoms with Crippen molar-refractivity contribution in [2.45, 2.75) is 0 Å². The fourth-order valence-electron chi connectivity index (χ4n) is 2.27. The molecule has 1 aromatic rings.